The lowest BCUT2D eigenvalue weighted by Gasteiger charge is -2.02. The van der Waals surface area contributed by atoms with Gasteiger partial charge >= 0.3 is 6.18 Å². The van der Waals surface area contributed by atoms with E-state index in [-0.39, 0.29) is 0 Å². The van der Waals surface area contributed by atoms with E-state index in [0.29, 0.717) is 6.21 Å². The van der Waals surface area contributed by atoms with Crippen LogP contribution in [0.4, 0.5) is 13.2 Å². The Balaban J connectivity index is 4.39. The summed E-state index contributed by atoms with van der Waals surface area (Å²) < 4.78 is 35.1. The predicted molar refractivity (Wildman–Crippen MR) is 33.8 cm³/mol. The first-order valence-corrected chi connectivity index (χ1v) is 2.48. The van der Waals surface area contributed by atoms with Crippen LogP contribution in [0.1, 0.15) is 0 Å². The minimum Gasteiger partial charge on any atom is -0.294 e. The Hall–Kier alpha value is -0.870. The normalized spacial score (nSPS) is 14.7. The molecule has 0 aliphatic carbocycles. The molecule has 0 spiro atoms. The van der Waals surface area contributed by atoms with Crippen LogP contribution in [0.25, 0.3) is 0 Å². The zero-order chi connectivity index (χ0) is 8.20. The van der Waals surface area contributed by atoms with Crippen LogP contribution in [-0.2, 0) is 0 Å². The maximum Gasteiger partial charge on any atom is 0.434 e. The molecule has 0 aromatic carbocycles. The van der Waals surface area contributed by atoms with Crippen LogP contribution in [0.3, 0.4) is 0 Å². The highest BCUT2D eigenvalue weighted by Gasteiger charge is 2.33. The van der Waals surface area contributed by atoms with E-state index in [2.05, 4.69) is 9.98 Å². The van der Waals surface area contributed by atoms with Gasteiger partial charge in [-0.1, -0.05) is 0 Å². The molecule has 5 heteroatoms. The molecule has 0 aliphatic heterocycles. The molecule has 0 atom stereocenters. The van der Waals surface area contributed by atoms with E-state index in [1.165, 1.54) is 7.05 Å². The summed E-state index contributed by atoms with van der Waals surface area (Å²) >= 11 is 0. The zero-order valence-corrected chi connectivity index (χ0v) is 5.61. The van der Waals surface area contributed by atoms with Crippen molar-refractivity contribution in [2.45, 2.75) is 6.18 Å². The molecule has 0 rings (SSSR count). The smallest absolute Gasteiger partial charge is 0.294 e. The molecule has 0 saturated carbocycles. The molecule has 0 aromatic heterocycles. The van der Waals surface area contributed by atoms with Crippen molar-refractivity contribution in [1.82, 2.24) is 0 Å². The molecule has 2 nitrogen and oxygen atoms in total. The molecule has 0 N–H and O–H groups in total. The first-order chi connectivity index (χ1) is 4.52. The number of halogens is 3. The Morgan fingerprint density at radius 1 is 1.30 bits per heavy atom. The summed E-state index contributed by atoms with van der Waals surface area (Å²) in [6.45, 7) is 0. The van der Waals surface area contributed by atoms with Crippen molar-refractivity contribution in [1.29, 1.82) is 0 Å². The molecule has 0 radical (unpaired) electrons. The third kappa shape index (κ3) is 2.61. The second-order valence-electron chi connectivity index (χ2n) is 1.49. The van der Waals surface area contributed by atoms with Gasteiger partial charge in [-0.15, -0.1) is 0 Å². The maximum atomic E-state index is 11.7. The van der Waals surface area contributed by atoms with Gasteiger partial charge in [0, 0.05) is 14.1 Å². The van der Waals surface area contributed by atoms with Gasteiger partial charge in [0.1, 0.15) is 0 Å². The molecule has 0 aromatic rings. The van der Waals surface area contributed by atoms with Crippen molar-refractivity contribution in [2.24, 2.45) is 9.98 Å². The fraction of sp³-hybridized carbons (Fsp3) is 0.600. The second-order valence-corrected chi connectivity index (χ2v) is 1.49. The van der Waals surface area contributed by atoms with Crippen molar-refractivity contribution in [3.05, 3.63) is 0 Å². The maximum absolute atomic E-state index is 11.7. The highest BCUT2D eigenvalue weighted by atomic mass is 19.4. The van der Waals surface area contributed by atoms with Gasteiger partial charge in [-0.3, -0.25) is 9.98 Å². The third-order valence-electron chi connectivity index (χ3n) is 0.783. The second kappa shape index (κ2) is 3.34. The summed E-state index contributed by atoms with van der Waals surface area (Å²) in [5.74, 6) is 0. The molecule has 0 unspecified atom stereocenters. The molecule has 0 bridgehead atoms. The molecule has 0 aliphatic rings. The fourth-order valence-electron chi connectivity index (χ4n) is 0.380. The van der Waals surface area contributed by atoms with Crippen molar-refractivity contribution in [3.8, 4) is 0 Å². The SMILES string of the molecule is C/N=C\C(=N/C)C(F)(F)F. The van der Waals surface area contributed by atoms with Gasteiger partial charge in [0.15, 0.2) is 5.71 Å². The van der Waals surface area contributed by atoms with E-state index < -0.39 is 11.9 Å². The fourth-order valence-corrected chi connectivity index (χ4v) is 0.380. The predicted octanol–water partition coefficient (Wildman–Crippen LogP) is 1.32. The highest BCUT2D eigenvalue weighted by Crippen LogP contribution is 2.15. The minimum absolute atomic E-state index is 0.681. The van der Waals surface area contributed by atoms with Crippen LogP contribution in [0, 0.1) is 0 Å². The largest absolute Gasteiger partial charge is 0.434 e. The Kier molecular flexibility index (Phi) is 3.05. The van der Waals surface area contributed by atoms with E-state index in [1.807, 2.05) is 0 Å². The average molecular weight is 152 g/mol. The lowest BCUT2D eigenvalue weighted by molar-refractivity contribution is -0.0564. The van der Waals surface area contributed by atoms with Gasteiger partial charge in [0.2, 0.25) is 0 Å². The monoisotopic (exact) mass is 152 g/mol. The summed E-state index contributed by atoms with van der Waals surface area (Å²) in [4.78, 5) is 6.19. The van der Waals surface area contributed by atoms with Gasteiger partial charge < -0.3 is 0 Å². The number of alkyl halides is 3. The minimum atomic E-state index is -4.38. The van der Waals surface area contributed by atoms with Crippen molar-refractivity contribution >= 4 is 11.9 Å². The Morgan fingerprint density at radius 3 is 1.90 bits per heavy atom. The molecule has 58 valence electrons. The summed E-state index contributed by atoms with van der Waals surface area (Å²) in [6, 6.07) is 0. The van der Waals surface area contributed by atoms with Crippen LogP contribution in [0.5, 0.6) is 0 Å². The zero-order valence-electron chi connectivity index (χ0n) is 5.61. The molecule has 0 amide bonds. The lowest BCUT2D eigenvalue weighted by atomic mass is 10.4. The van der Waals surface area contributed by atoms with Crippen LogP contribution < -0.4 is 0 Å². The van der Waals surface area contributed by atoms with Crippen LogP contribution >= 0.6 is 0 Å². The molecular weight excluding hydrogens is 145 g/mol. The molecular formula is C5H7F3N2. The first kappa shape index (κ1) is 9.13. The van der Waals surface area contributed by atoms with Gasteiger partial charge in [-0.25, -0.2) is 0 Å². The number of nitrogens with zero attached hydrogens (tertiary/aromatic N) is 2. The third-order valence-corrected chi connectivity index (χ3v) is 0.783. The van der Waals surface area contributed by atoms with Gasteiger partial charge in [-0.05, 0) is 0 Å². The van der Waals surface area contributed by atoms with Gasteiger partial charge in [0.05, 0.1) is 6.21 Å². The van der Waals surface area contributed by atoms with Crippen molar-refractivity contribution in [3.63, 3.8) is 0 Å². The van der Waals surface area contributed by atoms with Crippen LogP contribution in [0.2, 0.25) is 0 Å². The van der Waals surface area contributed by atoms with Crippen LogP contribution in [-0.4, -0.2) is 32.2 Å². The standard InChI is InChI=1S/C5H7F3N2/c1-9-3-4(10-2)5(6,7)8/h3H,1-2H3/b9-3-,10-4+. The highest BCUT2D eigenvalue weighted by molar-refractivity contribution is 6.33. The molecule has 10 heavy (non-hydrogen) atoms. The molecule has 0 saturated heterocycles. The number of hydrogen-bond acceptors (Lipinski definition) is 2. The van der Waals surface area contributed by atoms with E-state index in [1.54, 1.807) is 0 Å². The summed E-state index contributed by atoms with van der Waals surface area (Å²) in [6.07, 6.45) is -3.70. The van der Waals surface area contributed by atoms with E-state index in [4.69, 9.17) is 0 Å². The number of hydrogen-bond donors (Lipinski definition) is 0. The summed E-state index contributed by atoms with van der Waals surface area (Å²) in [5.41, 5.74) is -0.963. The molecule has 0 heterocycles. The van der Waals surface area contributed by atoms with Crippen molar-refractivity contribution in [2.75, 3.05) is 14.1 Å². The van der Waals surface area contributed by atoms with Crippen LogP contribution in [0.15, 0.2) is 9.98 Å². The lowest BCUT2D eigenvalue weighted by Crippen LogP contribution is -2.23. The number of rotatable bonds is 1. The Morgan fingerprint density at radius 2 is 1.80 bits per heavy atom. The first-order valence-electron chi connectivity index (χ1n) is 2.48. The van der Waals surface area contributed by atoms with Gasteiger partial charge in [-0.2, -0.15) is 13.2 Å². The van der Waals surface area contributed by atoms with Gasteiger partial charge in [0.25, 0.3) is 0 Å². The quantitative estimate of drug-likeness (QED) is 0.506. The van der Waals surface area contributed by atoms with E-state index in [9.17, 15) is 13.2 Å². The average Bonchev–Trinajstić information content (AvgIpc) is 1.80. The van der Waals surface area contributed by atoms with E-state index in [0.717, 1.165) is 7.05 Å². The Labute approximate surface area is 56.5 Å². The number of aliphatic imine (C=N–C) groups is 2. The molecule has 0 fully saturated rings. The van der Waals surface area contributed by atoms with E-state index >= 15 is 0 Å². The summed E-state index contributed by atoms with van der Waals surface area (Å²) in [5, 5.41) is 0. The topological polar surface area (TPSA) is 24.7 Å². The van der Waals surface area contributed by atoms with Crippen molar-refractivity contribution < 1.29 is 13.2 Å². The summed E-state index contributed by atoms with van der Waals surface area (Å²) in [7, 11) is 2.33. The Bertz CT molecular complexity index is 157.